The molecule has 5 heteroatoms. The van der Waals surface area contributed by atoms with Crippen molar-refractivity contribution in [2.45, 2.75) is 13.0 Å². The Morgan fingerprint density at radius 2 is 2.29 bits per heavy atom. The van der Waals surface area contributed by atoms with Gasteiger partial charge in [0.25, 0.3) is 0 Å². The second-order valence-corrected chi connectivity index (χ2v) is 3.90. The lowest BCUT2D eigenvalue weighted by atomic mass is 10.2. The molecule has 0 amide bonds. The third-order valence-electron chi connectivity index (χ3n) is 2.60. The molecule has 1 fully saturated rings. The van der Waals surface area contributed by atoms with Crippen LogP contribution in [0.25, 0.3) is 0 Å². The zero-order valence-electron chi connectivity index (χ0n) is 9.55. The molecule has 1 aliphatic rings. The Labute approximate surface area is 99.9 Å². The van der Waals surface area contributed by atoms with Crippen molar-refractivity contribution in [1.29, 1.82) is 10.5 Å². The Balaban J connectivity index is 2.25. The Morgan fingerprint density at radius 1 is 1.47 bits per heavy atom. The molecule has 1 atom stereocenters. The number of ether oxygens (including phenoxy) is 1. The lowest BCUT2D eigenvalue weighted by Gasteiger charge is -2.30. The van der Waals surface area contributed by atoms with Crippen LogP contribution in [0.1, 0.15) is 11.3 Å². The fourth-order valence-corrected chi connectivity index (χ4v) is 1.81. The number of morpholine rings is 1. The van der Waals surface area contributed by atoms with E-state index in [0.717, 1.165) is 11.5 Å². The third kappa shape index (κ3) is 2.52. The van der Waals surface area contributed by atoms with Crippen LogP contribution >= 0.6 is 0 Å². The summed E-state index contributed by atoms with van der Waals surface area (Å²) >= 11 is 0. The molecule has 1 aromatic rings. The SMILES string of the molecule is Cc1cc(C#N)cc(N2CCOC(C#N)C2)n1. The van der Waals surface area contributed by atoms with E-state index in [1.54, 1.807) is 12.1 Å². The van der Waals surface area contributed by atoms with Gasteiger partial charge in [-0.05, 0) is 19.1 Å². The number of hydrogen-bond donors (Lipinski definition) is 0. The van der Waals surface area contributed by atoms with Gasteiger partial charge in [-0.1, -0.05) is 0 Å². The van der Waals surface area contributed by atoms with Gasteiger partial charge in [-0.2, -0.15) is 10.5 Å². The lowest BCUT2D eigenvalue weighted by molar-refractivity contribution is 0.0761. The van der Waals surface area contributed by atoms with Crippen LogP contribution in [0.5, 0.6) is 0 Å². The van der Waals surface area contributed by atoms with Gasteiger partial charge in [-0.25, -0.2) is 4.98 Å². The molecular weight excluding hydrogens is 216 g/mol. The van der Waals surface area contributed by atoms with E-state index in [-0.39, 0.29) is 0 Å². The van der Waals surface area contributed by atoms with Crippen LogP contribution in [-0.2, 0) is 4.74 Å². The Kier molecular flexibility index (Phi) is 3.22. The van der Waals surface area contributed by atoms with Gasteiger partial charge in [0.15, 0.2) is 6.10 Å². The summed E-state index contributed by atoms with van der Waals surface area (Å²) in [5, 5.41) is 17.7. The topological polar surface area (TPSA) is 72.9 Å². The fraction of sp³-hybridized carbons (Fsp3) is 0.417. The number of anilines is 1. The van der Waals surface area contributed by atoms with Gasteiger partial charge in [0.05, 0.1) is 30.9 Å². The highest BCUT2D eigenvalue weighted by atomic mass is 16.5. The first-order chi connectivity index (χ1) is 8.22. The van der Waals surface area contributed by atoms with E-state index in [0.29, 0.717) is 25.3 Å². The zero-order valence-corrected chi connectivity index (χ0v) is 9.55. The summed E-state index contributed by atoms with van der Waals surface area (Å²) in [5.41, 5.74) is 1.39. The maximum absolute atomic E-state index is 8.91. The number of nitriles is 2. The van der Waals surface area contributed by atoms with Crippen molar-refractivity contribution in [3.63, 3.8) is 0 Å². The second-order valence-electron chi connectivity index (χ2n) is 3.90. The van der Waals surface area contributed by atoms with Crippen molar-refractivity contribution in [1.82, 2.24) is 4.98 Å². The number of hydrogen-bond acceptors (Lipinski definition) is 5. The molecule has 2 rings (SSSR count). The van der Waals surface area contributed by atoms with Crippen LogP contribution in [0.4, 0.5) is 5.82 Å². The van der Waals surface area contributed by atoms with E-state index in [9.17, 15) is 0 Å². The molecule has 1 saturated heterocycles. The van der Waals surface area contributed by atoms with Crippen LogP contribution in [0, 0.1) is 29.6 Å². The van der Waals surface area contributed by atoms with E-state index in [1.165, 1.54) is 0 Å². The number of aromatic nitrogens is 1. The van der Waals surface area contributed by atoms with E-state index in [4.69, 9.17) is 15.3 Å². The Hall–Kier alpha value is -2.11. The van der Waals surface area contributed by atoms with Crippen molar-refractivity contribution >= 4 is 5.82 Å². The van der Waals surface area contributed by atoms with Crippen molar-refractivity contribution < 1.29 is 4.74 Å². The fourth-order valence-electron chi connectivity index (χ4n) is 1.81. The summed E-state index contributed by atoms with van der Waals surface area (Å²) < 4.78 is 5.27. The maximum atomic E-state index is 8.91. The minimum atomic E-state index is -0.420. The summed E-state index contributed by atoms with van der Waals surface area (Å²) in [4.78, 5) is 6.36. The van der Waals surface area contributed by atoms with Crippen LogP contribution in [0.3, 0.4) is 0 Å². The maximum Gasteiger partial charge on any atom is 0.161 e. The summed E-state index contributed by atoms with van der Waals surface area (Å²) in [6.45, 7) is 3.56. The average Bonchev–Trinajstić information content (AvgIpc) is 2.38. The molecule has 0 bridgehead atoms. The standard InChI is InChI=1S/C12H12N4O/c1-9-4-10(6-13)5-12(15-9)16-2-3-17-11(7-14)8-16/h4-5,11H,2-3,8H2,1H3. The molecule has 1 unspecified atom stereocenters. The van der Waals surface area contributed by atoms with Crippen LogP contribution in [0.2, 0.25) is 0 Å². The monoisotopic (exact) mass is 228 g/mol. The van der Waals surface area contributed by atoms with Gasteiger partial charge >= 0.3 is 0 Å². The first-order valence-corrected chi connectivity index (χ1v) is 5.38. The predicted octanol–water partition coefficient (Wildman–Crippen LogP) is 0.990. The zero-order chi connectivity index (χ0) is 12.3. The Morgan fingerprint density at radius 3 is 3.00 bits per heavy atom. The molecule has 0 aromatic carbocycles. The highest BCUT2D eigenvalue weighted by Gasteiger charge is 2.21. The molecule has 86 valence electrons. The quantitative estimate of drug-likeness (QED) is 0.716. The number of nitrogens with zero attached hydrogens (tertiary/aromatic N) is 4. The summed E-state index contributed by atoms with van der Waals surface area (Å²) in [6.07, 6.45) is -0.420. The minimum absolute atomic E-state index is 0.420. The van der Waals surface area contributed by atoms with Gasteiger partial charge in [0.2, 0.25) is 0 Å². The van der Waals surface area contributed by atoms with Crippen LogP contribution in [0.15, 0.2) is 12.1 Å². The number of rotatable bonds is 1. The molecule has 0 radical (unpaired) electrons. The number of aryl methyl sites for hydroxylation is 1. The van der Waals surface area contributed by atoms with E-state index in [1.807, 2.05) is 11.8 Å². The van der Waals surface area contributed by atoms with Crippen molar-refractivity contribution in [2.75, 3.05) is 24.6 Å². The highest BCUT2D eigenvalue weighted by molar-refractivity contribution is 5.47. The highest BCUT2D eigenvalue weighted by Crippen LogP contribution is 2.17. The lowest BCUT2D eigenvalue weighted by Crippen LogP contribution is -2.42. The third-order valence-corrected chi connectivity index (χ3v) is 2.60. The molecular formula is C12H12N4O. The molecule has 1 aromatic heterocycles. The smallest absolute Gasteiger partial charge is 0.161 e. The molecule has 1 aliphatic heterocycles. The minimum Gasteiger partial charge on any atom is -0.360 e. The van der Waals surface area contributed by atoms with Gasteiger partial charge in [0, 0.05) is 12.2 Å². The number of pyridine rings is 1. The van der Waals surface area contributed by atoms with Crippen LogP contribution in [-0.4, -0.2) is 30.8 Å². The molecule has 5 nitrogen and oxygen atoms in total. The summed E-state index contributed by atoms with van der Waals surface area (Å²) in [7, 11) is 0. The van der Waals surface area contributed by atoms with E-state index < -0.39 is 6.10 Å². The summed E-state index contributed by atoms with van der Waals surface area (Å²) in [6, 6.07) is 7.68. The second kappa shape index (κ2) is 4.82. The van der Waals surface area contributed by atoms with Crippen molar-refractivity contribution in [2.24, 2.45) is 0 Å². The first-order valence-electron chi connectivity index (χ1n) is 5.38. The van der Waals surface area contributed by atoms with Gasteiger partial charge in [-0.3, -0.25) is 0 Å². The molecule has 0 aliphatic carbocycles. The van der Waals surface area contributed by atoms with Gasteiger partial charge in [-0.15, -0.1) is 0 Å². The van der Waals surface area contributed by atoms with E-state index >= 15 is 0 Å². The normalized spacial score (nSPS) is 19.5. The van der Waals surface area contributed by atoms with Crippen LogP contribution < -0.4 is 4.90 Å². The molecule has 0 N–H and O–H groups in total. The molecule has 0 spiro atoms. The molecule has 2 heterocycles. The van der Waals surface area contributed by atoms with Gasteiger partial charge in [0.1, 0.15) is 5.82 Å². The van der Waals surface area contributed by atoms with Gasteiger partial charge < -0.3 is 9.64 Å². The Bertz CT molecular complexity index is 500. The molecule has 0 saturated carbocycles. The summed E-state index contributed by atoms with van der Waals surface area (Å²) in [5.74, 6) is 0.741. The average molecular weight is 228 g/mol. The first kappa shape index (κ1) is 11.4. The molecule has 17 heavy (non-hydrogen) atoms. The predicted molar refractivity (Wildman–Crippen MR) is 61.3 cm³/mol. The van der Waals surface area contributed by atoms with E-state index in [2.05, 4.69) is 17.1 Å². The van der Waals surface area contributed by atoms with Crippen molar-refractivity contribution in [3.8, 4) is 12.1 Å². The largest absolute Gasteiger partial charge is 0.360 e. The van der Waals surface area contributed by atoms with Crippen molar-refractivity contribution in [3.05, 3.63) is 23.4 Å².